The molecule has 1 aliphatic heterocycles. The minimum absolute atomic E-state index is 0.0217. The average molecular weight is 476 g/mol. The van der Waals surface area contributed by atoms with Crippen molar-refractivity contribution in [2.75, 3.05) is 19.6 Å². The maximum absolute atomic E-state index is 12.2. The van der Waals surface area contributed by atoms with Gasteiger partial charge in [-0.3, -0.25) is 0 Å². The van der Waals surface area contributed by atoms with Crippen molar-refractivity contribution in [1.29, 1.82) is 0 Å². The van der Waals surface area contributed by atoms with Crippen LogP contribution >= 0.6 is 0 Å². The summed E-state index contributed by atoms with van der Waals surface area (Å²) in [6.45, 7) is 7.97. The number of hydrogen-bond donors (Lipinski definition) is 2. The lowest BCUT2D eigenvalue weighted by atomic mass is 9.50. The van der Waals surface area contributed by atoms with Gasteiger partial charge in [0, 0.05) is 12.0 Å². The fourth-order valence-corrected chi connectivity index (χ4v) is 9.02. The first-order chi connectivity index (χ1) is 16.8. The molecule has 1 saturated heterocycles. The lowest BCUT2D eigenvalue weighted by Crippen LogP contribution is -2.56. The number of aliphatic hydroxyl groups excluding tert-OH is 1. The predicted molar refractivity (Wildman–Crippen MR) is 142 cm³/mol. The van der Waals surface area contributed by atoms with Gasteiger partial charge in [-0.25, -0.2) is 0 Å². The van der Waals surface area contributed by atoms with Gasteiger partial charge in [-0.05, 0) is 106 Å². The number of β-amino-alcohol motifs (C(OH)–C–C–N with tert-alkyl or cyclic N) is 1. The number of benzene rings is 1. The van der Waals surface area contributed by atoms with Crippen LogP contribution in [0.4, 0.5) is 0 Å². The molecule has 0 spiro atoms. The van der Waals surface area contributed by atoms with Crippen LogP contribution in [0.1, 0.15) is 77.2 Å². The molecule has 0 bridgehead atoms. The fourth-order valence-electron chi connectivity index (χ4n) is 9.02. The van der Waals surface area contributed by atoms with Crippen LogP contribution in [-0.4, -0.2) is 46.5 Å². The molecule has 6 atom stereocenters. The lowest BCUT2D eigenvalue weighted by Gasteiger charge is -2.56. The molecule has 4 aliphatic carbocycles. The summed E-state index contributed by atoms with van der Waals surface area (Å²) < 4.78 is 0. The minimum atomic E-state index is -0.580. The SMILES string of the molecule is C[C@]12CC[C@H](O)CC1=CC=C1[C@@H]2CC[C@@]2(C)[C@H]1CC[C@@]2(O)CN1CCC(Cc2ccccc2)CC1. The van der Waals surface area contributed by atoms with Crippen molar-refractivity contribution >= 4 is 0 Å². The van der Waals surface area contributed by atoms with E-state index in [1.807, 2.05) is 0 Å². The van der Waals surface area contributed by atoms with Crippen LogP contribution in [0.5, 0.6) is 0 Å². The van der Waals surface area contributed by atoms with Gasteiger partial charge >= 0.3 is 0 Å². The van der Waals surface area contributed by atoms with Gasteiger partial charge in [0.15, 0.2) is 0 Å². The molecule has 0 aromatic heterocycles. The summed E-state index contributed by atoms with van der Waals surface area (Å²) in [5.41, 5.74) is 4.17. The van der Waals surface area contributed by atoms with E-state index < -0.39 is 5.60 Å². The van der Waals surface area contributed by atoms with Crippen LogP contribution in [0.25, 0.3) is 0 Å². The molecule has 6 rings (SSSR count). The highest BCUT2D eigenvalue weighted by molar-refractivity contribution is 5.39. The second-order valence-electron chi connectivity index (χ2n) is 13.2. The topological polar surface area (TPSA) is 43.7 Å². The molecule has 1 aromatic rings. The second-order valence-corrected chi connectivity index (χ2v) is 13.2. The quantitative estimate of drug-likeness (QED) is 0.568. The zero-order chi connectivity index (χ0) is 24.3. The van der Waals surface area contributed by atoms with E-state index in [1.165, 1.54) is 36.8 Å². The van der Waals surface area contributed by atoms with E-state index in [4.69, 9.17) is 0 Å². The molecule has 0 radical (unpaired) electrons. The largest absolute Gasteiger partial charge is 0.393 e. The van der Waals surface area contributed by atoms with Gasteiger partial charge < -0.3 is 15.1 Å². The predicted octanol–water partition coefficient (Wildman–Crippen LogP) is 5.92. The summed E-state index contributed by atoms with van der Waals surface area (Å²) in [5, 5.41) is 22.5. The zero-order valence-corrected chi connectivity index (χ0v) is 21.9. The van der Waals surface area contributed by atoms with E-state index in [2.05, 4.69) is 61.2 Å². The van der Waals surface area contributed by atoms with Crippen LogP contribution in [-0.2, 0) is 6.42 Å². The highest BCUT2D eigenvalue weighted by Gasteiger charge is 2.62. The summed E-state index contributed by atoms with van der Waals surface area (Å²) in [5.74, 6) is 1.88. The Morgan fingerprint density at radius 2 is 1.63 bits per heavy atom. The number of hydrogen-bond acceptors (Lipinski definition) is 3. The number of fused-ring (bicyclic) bond motifs is 5. The zero-order valence-electron chi connectivity index (χ0n) is 21.9. The standard InChI is InChI=1S/C32H45NO2/c1-30-15-10-26(34)21-25(30)8-9-27-28(30)11-16-31(2)29(27)12-17-32(31,35)22-33-18-13-24(14-19-33)20-23-6-4-3-5-7-23/h3-9,24,26,28-29,34-35H,10-22H2,1-2H3/t26-,28-,29-,30-,31-,32+/m0/s1. The van der Waals surface area contributed by atoms with E-state index in [-0.39, 0.29) is 16.9 Å². The van der Waals surface area contributed by atoms with Crippen LogP contribution < -0.4 is 0 Å². The van der Waals surface area contributed by atoms with Gasteiger partial charge in [-0.2, -0.15) is 0 Å². The van der Waals surface area contributed by atoms with Crippen molar-refractivity contribution < 1.29 is 10.2 Å². The van der Waals surface area contributed by atoms with Crippen molar-refractivity contribution in [3.63, 3.8) is 0 Å². The Morgan fingerprint density at radius 1 is 0.886 bits per heavy atom. The van der Waals surface area contributed by atoms with E-state index in [1.54, 1.807) is 5.57 Å². The molecule has 3 heteroatoms. The van der Waals surface area contributed by atoms with E-state index in [9.17, 15) is 10.2 Å². The van der Waals surface area contributed by atoms with E-state index >= 15 is 0 Å². The third-order valence-corrected chi connectivity index (χ3v) is 11.4. The van der Waals surface area contributed by atoms with Crippen molar-refractivity contribution in [2.45, 2.75) is 89.8 Å². The van der Waals surface area contributed by atoms with Gasteiger partial charge in [-0.15, -0.1) is 0 Å². The number of piperidine rings is 1. The molecule has 5 aliphatic rings. The number of nitrogens with zero attached hydrogens (tertiary/aromatic N) is 1. The van der Waals surface area contributed by atoms with Gasteiger partial charge in [-0.1, -0.05) is 67.5 Å². The van der Waals surface area contributed by atoms with Crippen molar-refractivity contribution in [2.24, 2.45) is 28.6 Å². The van der Waals surface area contributed by atoms with E-state index in [0.29, 0.717) is 11.8 Å². The molecule has 190 valence electrons. The Kier molecular flexibility index (Phi) is 6.06. The van der Waals surface area contributed by atoms with Crippen molar-refractivity contribution in [3.05, 3.63) is 59.2 Å². The third-order valence-electron chi connectivity index (χ3n) is 11.4. The summed E-state index contributed by atoms with van der Waals surface area (Å²) in [6.07, 6.45) is 15.6. The Bertz CT molecular complexity index is 992. The van der Waals surface area contributed by atoms with Crippen LogP contribution in [0, 0.1) is 28.6 Å². The maximum Gasteiger partial charge on any atom is 0.0833 e. The summed E-state index contributed by atoms with van der Waals surface area (Å²) in [7, 11) is 0. The van der Waals surface area contributed by atoms with E-state index in [0.717, 1.165) is 64.1 Å². The molecular weight excluding hydrogens is 430 g/mol. The fraction of sp³-hybridized carbons (Fsp3) is 0.688. The number of likely N-dealkylation sites (tertiary alicyclic amines) is 1. The molecule has 0 unspecified atom stereocenters. The molecular formula is C32H45NO2. The first-order valence-electron chi connectivity index (χ1n) is 14.4. The van der Waals surface area contributed by atoms with Crippen LogP contribution in [0.3, 0.4) is 0 Å². The summed E-state index contributed by atoms with van der Waals surface area (Å²) in [4.78, 5) is 2.58. The molecule has 0 amide bonds. The molecule has 35 heavy (non-hydrogen) atoms. The van der Waals surface area contributed by atoms with Gasteiger partial charge in [0.05, 0.1) is 11.7 Å². The van der Waals surface area contributed by atoms with Crippen molar-refractivity contribution in [3.8, 4) is 0 Å². The average Bonchev–Trinajstić information content (AvgIpc) is 3.12. The summed E-state index contributed by atoms with van der Waals surface area (Å²) in [6, 6.07) is 10.9. The molecule has 1 heterocycles. The first kappa shape index (κ1) is 23.9. The smallest absolute Gasteiger partial charge is 0.0833 e. The van der Waals surface area contributed by atoms with Gasteiger partial charge in [0.25, 0.3) is 0 Å². The van der Waals surface area contributed by atoms with Gasteiger partial charge in [0.2, 0.25) is 0 Å². The number of aliphatic hydroxyl groups is 2. The highest BCUT2D eigenvalue weighted by atomic mass is 16.3. The minimum Gasteiger partial charge on any atom is -0.393 e. The summed E-state index contributed by atoms with van der Waals surface area (Å²) >= 11 is 0. The normalized spacial score (nSPS) is 42.0. The Hall–Kier alpha value is -1.42. The van der Waals surface area contributed by atoms with Gasteiger partial charge in [0.1, 0.15) is 0 Å². The monoisotopic (exact) mass is 475 g/mol. The Balaban J connectivity index is 1.14. The maximum atomic E-state index is 12.2. The van der Waals surface area contributed by atoms with Crippen LogP contribution in [0.2, 0.25) is 0 Å². The Morgan fingerprint density at radius 3 is 2.40 bits per heavy atom. The molecule has 3 saturated carbocycles. The highest BCUT2D eigenvalue weighted by Crippen LogP contribution is 2.66. The molecule has 1 aromatic carbocycles. The second kappa shape index (κ2) is 8.85. The van der Waals surface area contributed by atoms with Crippen molar-refractivity contribution in [1.82, 2.24) is 4.90 Å². The first-order valence-corrected chi connectivity index (χ1v) is 14.4. The number of allylic oxidation sites excluding steroid dienone is 3. The van der Waals surface area contributed by atoms with Crippen LogP contribution in [0.15, 0.2) is 53.6 Å². The molecule has 4 fully saturated rings. The molecule has 3 nitrogen and oxygen atoms in total. The third kappa shape index (κ3) is 3.97. The number of rotatable bonds is 4. The lowest BCUT2D eigenvalue weighted by molar-refractivity contribution is -0.105. The molecule has 2 N–H and O–H groups in total. The Labute approximate surface area is 212 Å².